The van der Waals surface area contributed by atoms with Gasteiger partial charge in [0.2, 0.25) is 10.0 Å². The minimum absolute atomic E-state index is 0.0116. The molecule has 1 heterocycles. The highest BCUT2D eigenvalue weighted by atomic mass is 32.2. The Morgan fingerprint density at radius 3 is 2.24 bits per heavy atom. The van der Waals surface area contributed by atoms with E-state index in [1.807, 2.05) is 13.8 Å². The lowest BCUT2D eigenvalue weighted by atomic mass is 9.88. The summed E-state index contributed by atoms with van der Waals surface area (Å²) >= 11 is 0. The van der Waals surface area contributed by atoms with Crippen LogP contribution >= 0.6 is 0 Å². The molecule has 0 aliphatic carbocycles. The van der Waals surface area contributed by atoms with E-state index < -0.39 is 31.8 Å². The van der Waals surface area contributed by atoms with E-state index in [1.165, 1.54) is 11.4 Å². The van der Waals surface area contributed by atoms with Crippen LogP contribution in [0.3, 0.4) is 0 Å². The van der Waals surface area contributed by atoms with Gasteiger partial charge in [-0.2, -0.15) is 4.31 Å². The Balaban J connectivity index is 2.02. The molecule has 3 rings (SSSR count). The molecular weight excluding hydrogens is 462 g/mol. The van der Waals surface area contributed by atoms with Crippen molar-refractivity contribution in [2.45, 2.75) is 29.7 Å². The van der Waals surface area contributed by atoms with Crippen molar-refractivity contribution in [3.8, 4) is 0 Å². The largest absolute Gasteiger partial charge is 0.359 e. The van der Waals surface area contributed by atoms with Crippen LogP contribution in [-0.2, 0) is 29.3 Å². The maximum absolute atomic E-state index is 13.6. The van der Waals surface area contributed by atoms with E-state index in [2.05, 4.69) is 6.58 Å². The fraction of sp³-hybridized carbons (Fsp3) is 0.417. The first-order chi connectivity index (χ1) is 15.6. The number of methoxy groups -OCH3 is 1. The van der Waals surface area contributed by atoms with E-state index in [0.717, 1.165) is 11.1 Å². The lowest BCUT2D eigenvalue weighted by Crippen LogP contribution is -2.42. The van der Waals surface area contributed by atoms with Gasteiger partial charge in [-0.1, -0.05) is 48.0 Å². The van der Waals surface area contributed by atoms with Gasteiger partial charge in [0.1, 0.15) is 6.79 Å². The first kappa shape index (κ1) is 25.6. The fourth-order valence-corrected chi connectivity index (χ4v) is 7.66. The average Bonchev–Trinajstić information content (AvgIpc) is 3.13. The molecule has 0 spiro atoms. The Labute approximate surface area is 197 Å². The predicted molar refractivity (Wildman–Crippen MR) is 127 cm³/mol. The molecule has 1 fully saturated rings. The van der Waals surface area contributed by atoms with E-state index in [1.54, 1.807) is 54.6 Å². The van der Waals surface area contributed by atoms with Crippen LogP contribution in [0.1, 0.15) is 12.5 Å². The van der Waals surface area contributed by atoms with E-state index in [4.69, 9.17) is 9.47 Å². The van der Waals surface area contributed by atoms with Gasteiger partial charge in [-0.3, -0.25) is 0 Å². The molecule has 3 atom stereocenters. The van der Waals surface area contributed by atoms with E-state index >= 15 is 0 Å². The molecule has 1 saturated heterocycles. The van der Waals surface area contributed by atoms with Crippen LogP contribution in [0, 0.1) is 18.8 Å². The number of benzene rings is 2. The second kappa shape index (κ2) is 10.5. The topological polar surface area (TPSA) is 90.0 Å². The molecule has 0 amide bonds. The van der Waals surface area contributed by atoms with Crippen LogP contribution in [-0.4, -0.2) is 60.0 Å². The van der Waals surface area contributed by atoms with E-state index in [-0.39, 0.29) is 41.4 Å². The summed E-state index contributed by atoms with van der Waals surface area (Å²) in [5, 5.41) is 0. The van der Waals surface area contributed by atoms with Gasteiger partial charge >= 0.3 is 0 Å². The standard InChI is InChI=1S/C24H31NO6S2/c1-18(2)22-14-25(33(28,29)21-12-10-19(3)11-13-21)24(15-31-17-30-4)23(22)16-32(26,27)20-8-6-5-7-9-20/h5-13,22-24H,1,14-17H2,2-4H3/t22-,23+,24-/m1/s1. The third-order valence-electron chi connectivity index (χ3n) is 6.02. The lowest BCUT2D eigenvalue weighted by Gasteiger charge is -2.28. The van der Waals surface area contributed by atoms with Crippen molar-refractivity contribution in [2.75, 3.05) is 32.8 Å². The Morgan fingerprint density at radius 2 is 1.67 bits per heavy atom. The molecule has 180 valence electrons. The van der Waals surface area contributed by atoms with Crippen LogP contribution in [0.15, 0.2) is 76.5 Å². The normalized spacial score (nSPS) is 21.8. The fourth-order valence-electron chi connectivity index (χ4n) is 4.25. The predicted octanol–water partition coefficient (Wildman–Crippen LogP) is 3.27. The van der Waals surface area contributed by atoms with Gasteiger partial charge in [-0.05, 0) is 49.9 Å². The molecule has 33 heavy (non-hydrogen) atoms. The van der Waals surface area contributed by atoms with Crippen molar-refractivity contribution >= 4 is 19.9 Å². The zero-order valence-electron chi connectivity index (χ0n) is 19.2. The monoisotopic (exact) mass is 493 g/mol. The molecule has 0 aromatic heterocycles. The molecule has 0 N–H and O–H groups in total. The molecule has 9 heteroatoms. The highest BCUT2D eigenvalue weighted by molar-refractivity contribution is 7.91. The molecule has 0 bridgehead atoms. The summed E-state index contributed by atoms with van der Waals surface area (Å²) in [6.07, 6.45) is 0. The zero-order valence-corrected chi connectivity index (χ0v) is 20.8. The van der Waals surface area contributed by atoms with Crippen LogP contribution in [0.5, 0.6) is 0 Å². The molecule has 1 aliphatic heterocycles. The van der Waals surface area contributed by atoms with Crippen LogP contribution in [0.2, 0.25) is 0 Å². The number of hydrogen-bond acceptors (Lipinski definition) is 6. The molecule has 1 aliphatic rings. The minimum Gasteiger partial charge on any atom is -0.359 e. The Bertz CT molecular complexity index is 1160. The first-order valence-electron chi connectivity index (χ1n) is 10.7. The van der Waals surface area contributed by atoms with E-state index in [9.17, 15) is 16.8 Å². The number of hydrogen-bond donors (Lipinski definition) is 0. The van der Waals surface area contributed by atoms with Crippen molar-refractivity contribution in [3.63, 3.8) is 0 Å². The van der Waals surface area contributed by atoms with Gasteiger partial charge in [-0.15, -0.1) is 0 Å². The van der Waals surface area contributed by atoms with Crippen LogP contribution in [0.4, 0.5) is 0 Å². The third kappa shape index (κ3) is 5.73. The summed E-state index contributed by atoms with van der Waals surface area (Å²) in [5.41, 5.74) is 1.68. The number of sulfonamides is 1. The van der Waals surface area contributed by atoms with Crippen molar-refractivity contribution in [1.82, 2.24) is 4.31 Å². The number of rotatable bonds is 10. The van der Waals surface area contributed by atoms with Gasteiger partial charge in [0.15, 0.2) is 9.84 Å². The summed E-state index contributed by atoms with van der Waals surface area (Å²) in [4.78, 5) is 0.374. The average molecular weight is 494 g/mol. The summed E-state index contributed by atoms with van der Waals surface area (Å²) in [5.74, 6) is -1.07. The molecule has 0 saturated carbocycles. The van der Waals surface area contributed by atoms with Gasteiger partial charge in [0.05, 0.1) is 28.2 Å². The smallest absolute Gasteiger partial charge is 0.243 e. The molecule has 2 aromatic rings. The highest BCUT2D eigenvalue weighted by Crippen LogP contribution is 2.39. The molecule has 0 unspecified atom stereocenters. The van der Waals surface area contributed by atoms with Crippen LogP contribution in [0.25, 0.3) is 0 Å². The third-order valence-corrected chi connectivity index (χ3v) is 9.74. The maximum atomic E-state index is 13.6. The van der Waals surface area contributed by atoms with E-state index in [0.29, 0.717) is 0 Å². The molecular formula is C24H31NO6S2. The Hall–Kier alpha value is -2.04. The van der Waals surface area contributed by atoms with Crippen molar-refractivity contribution < 1.29 is 26.3 Å². The van der Waals surface area contributed by atoms with Gasteiger partial charge in [-0.25, -0.2) is 16.8 Å². The van der Waals surface area contributed by atoms with Crippen molar-refractivity contribution in [2.24, 2.45) is 11.8 Å². The summed E-state index contributed by atoms with van der Waals surface area (Å²) < 4.78 is 65.6. The number of ether oxygens (including phenoxy) is 2. The second-order valence-corrected chi connectivity index (χ2v) is 12.4. The SMILES string of the molecule is C=C(C)[C@H]1CN(S(=O)(=O)c2ccc(C)cc2)[C@H](COCOC)[C@H]1CS(=O)(=O)c1ccccc1. The highest BCUT2D eigenvalue weighted by Gasteiger charge is 2.49. The molecule has 2 aromatic carbocycles. The van der Waals surface area contributed by atoms with Gasteiger partial charge in [0.25, 0.3) is 0 Å². The summed E-state index contributed by atoms with van der Waals surface area (Å²) in [6.45, 7) is 7.86. The summed E-state index contributed by atoms with van der Waals surface area (Å²) in [7, 11) is -6.07. The summed E-state index contributed by atoms with van der Waals surface area (Å²) in [6, 6.07) is 14.1. The molecule has 0 radical (unpaired) electrons. The van der Waals surface area contributed by atoms with Crippen LogP contribution < -0.4 is 0 Å². The maximum Gasteiger partial charge on any atom is 0.243 e. The van der Waals surface area contributed by atoms with Gasteiger partial charge in [0, 0.05) is 13.7 Å². The van der Waals surface area contributed by atoms with Crippen molar-refractivity contribution in [3.05, 3.63) is 72.3 Å². The van der Waals surface area contributed by atoms with Gasteiger partial charge < -0.3 is 9.47 Å². The second-order valence-electron chi connectivity index (χ2n) is 8.44. The quantitative estimate of drug-likeness (QED) is 0.287. The number of nitrogens with zero attached hydrogens (tertiary/aromatic N) is 1. The Kier molecular flexibility index (Phi) is 8.13. The minimum atomic E-state index is -3.88. The number of sulfone groups is 1. The van der Waals surface area contributed by atoms with Crippen molar-refractivity contribution in [1.29, 1.82) is 0 Å². The first-order valence-corrected chi connectivity index (χ1v) is 13.8. The molecule has 7 nitrogen and oxygen atoms in total. The number of aryl methyl sites for hydroxylation is 1. The lowest BCUT2D eigenvalue weighted by molar-refractivity contribution is -0.0450. The zero-order chi connectivity index (χ0) is 24.2. The Morgan fingerprint density at radius 1 is 1.03 bits per heavy atom.